The molecule has 138 valence electrons. The average Bonchev–Trinajstić information content (AvgIpc) is 2.61. The highest BCUT2D eigenvalue weighted by atomic mass is 16.5. The number of piperidine rings is 1. The summed E-state index contributed by atoms with van der Waals surface area (Å²) < 4.78 is 5.26. The molecule has 0 bridgehead atoms. The topological polar surface area (TPSA) is 70.0 Å². The molecule has 1 aliphatic carbocycles. The van der Waals surface area contributed by atoms with E-state index in [2.05, 4.69) is 0 Å². The molecule has 2 N–H and O–H groups in total. The van der Waals surface area contributed by atoms with Crippen LogP contribution in [0.1, 0.15) is 63.5 Å². The molecule has 1 aromatic carbocycles. The van der Waals surface area contributed by atoms with Crippen molar-refractivity contribution in [3.63, 3.8) is 0 Å². The van der Waals surface area contributed by atoms with Crippen molar-refractivity contribution in [1.82, 2.24) is 4.90 Å². The standard InChI is InChI=1S/C20H29NO4/c1-3-6-18(23)21-12-11-20(24)10-5-4-7-15(20)19(21)14-8-9-16(22)17(13-14)25-2/h8-9,13,15,19,22,24H,3-7,10-12H2,1-2H3/t15-,19-,20-/m1/s1. The number of nitrogens with zero attached hydrogens (tertiary/aromatic N) is 1. The predicted octanol–water partition coefficient (Wildman–Crippen LogP) is 3.40. The minimum absolute atomic E-state index is 0.0325. The summed E-state index contributed by atoms with van der Waals surface area (Å²) in [5.41, 5.74) is 0.237. The molecule has 1 saturated carbocycles. The van der Waals surface area contributed by atoms with Crippen molar-refractivity contribution in [2.45, 2.75) is 63.5 Å². The largest absolute Gasteiger partial charge is 0.504 e. The van der Waals surface area contributed by atoms with Gasteiger partial charge in [0.2, 0.25) is 5.91 Å². The zero-order valence-corrected chi connectivity index (χ0v) is 15.2. The first-order chi connectivity index (χ1) is 12.0. The molecule has 1 amide bonds. The third-order valence-electron chi connectivity index (χ3n) is 5.90. The number of amides is 1. The number of methoxy groups -OCH3 is 1. The van der Waals surface area contributed by atoms with Crippen molar-refractivity contribution in [3.05, 3.63) is 23.8 Å². The van der Waals surface area contributed by atoms with Gasteiger partial charge in [0, 0.05) is 18.9 Å². The molecule has 0 radical (unpaired) electrons. The first kappa shape index (κ1) is 18.1. The van der Waals surface area contributed by atoms with Gasteiger partial charge in [0.25, 0.3) is 0 Å². The number of benzene rings is 1. The summed E-state index contributed by atoms with van der Waals surface area (Å²) in [6, 6.07) is 5.13. The fourth-order valence-electron chi connectivity index (χ4n) is 4.61. The van der Waals surface area contributed by atoms with Crippen LogP contribution in [0, 0.1) is 5.92 Å². The lowest BCUT2D eigenvalue weighted by Gasteiger charge is -2.52. The van der Waals surface area contributed by atoms with E-state index >= 15 is 0 Å². The Hall–Kier alpha value is -1.75. The third-order valence-corrected chi connectivity index (χ3v) is 5.90. The first-order valence-corrected chi connectivity index (χ1v) is 9.39. The number of fused-ring (bicyclic) bond motifs is 1. The number of phenols is 1. The Bertz CT molecular complexity index is 632. The van der Waals surface area contributed by atoms with Gasteiger partial charge >= 0.3 is 0 Å². The number of rotatable bonds is 4. The number of hydrogen-bond donors (Lipinski definition) is 2. The first-order valence-electron chi connectivity index (χ1n) is 9.39. The van der Waals surface area contributed by atoms with Crippen LogP contribution in [0.15, 0.2) is 18.2 Å². The van der Waals surface area contributed by atoms with Crippen molar-refractivity contribution in [2.24, 2.45) is 5.92 Å². The van der Waals surface area contributed by atoms with Gasteiger partial charge in [-0.1, -0.05) is 25.8 Å². The van der Waals surface area contributed by atoms with Crippen LogP contribution in [0.2, 0.25) is 0 Å². The molecule has 1 saturated heterocycles. The predicted molar refractivity (Wildman–Crippen MR) is 95.5 cm³/mol. The Morgan fingerprint density at radius 1 is 1.36 bits per heavy atom. The zero-order chi connectivity index (χ0) is 18.0. The number of aliphatic hydroxyl groups is 1. The van der Waals surface area contributed by atoms with Gasteiger partial charge in [-0.25, -0.2) is 0 Å². The van der Waals surface area contributed by atoms with Crippen LogP contribution in [0.25, 0.3) is 0 Å². The molecular formula is C20H29NO4. The summed E-state index contributed by atoms with van der Waals surface area (Å²) >= 11 is 0. The molecule has 5 heteroatoms. The zero-order valence-electron chi connectivity index (χ0n) is 15.2. The smallest absolute Gasteiger partial charge is 0.223 e. The Morgan fingerprint density at radius 2 is 2.16 bits per heavy atom. The highest BCUT2D eigenvalue weighted by molar-refractivity contribution is 5.77. The highest BCUT2D eigenvalue weighted by Gasteiger charge is 2.50. The third kappa shape index (κ3) is 3.34. The van der Waals surface area contributed by atoms with E-state index in [-0.39, 0.29) is 23.6 Å². The molecule has 2 fully saturated rings. The van der Waals surface area contributed by atoms with E-state index in [0.717, 1.165) is 37.7 Å². The van der Waals surface area contributed by atoms with Gasteiger partial charge in [0.05, 0.1) is 18.8 Å². The number of hydrogen-bond acceptors (Lipinski definition) is 4. The van der Waals surface area contributed by atoms with E-state index in [4.69, 9.17) is 4.74 Å². The minimum Gasteiger partial charge on any atom is -0.504 e. The lowest BCUT2D eigenvalue weighted by molar-refractivity contribution is -0.155. The van der Waals surface area contributed by atoms with Crippen molar-refractivity contribution in [1.29, 1.82) is 0 Å². The molecule has 0 spiro atoms. The minimum atomic E-state index is -0.697. The van der Waals surface area contributed by atoms with Crippen LogP contribution in [0.3, 0.4) is 0 Å². The van der Waals surface area contributed by atoms with Gasteiger partial charge < -0.3 is 19.8 Å². The fraction of sp³-hybridized carbons (Fsp3) is 0.650. The number of phenolic OH excluding ortho intramolecular Hbond substituents is 1. The molecule has 0 aromatic heterocycles. The van der Waals surface area contributed by atoms with E-state index in [1.807, 2.05) is 24.0 Å². The SMILES string of the molecule is CCCC(=O)N1CC[C@]2(O)CCCC[C@@H]2[C@H]1c1ccc(O)c(OC)c1. The van der Waals surface area contributed by atoms with Crippen LogP contribution in [0.4, 0.5) is 0 Å². The Balaban J connectivity index is 2.02. The van der Waals surface area contributed by atoms with E-state index in [9.17, 15) is 15.0 Å². The molecular weight excluding hydrogens is 318 g/mol. The summed E-state index contributed by atoms with van der Waals surface area (Å²) in [6.07, 6.45) is 5.83. The van der Waals surface area contributed by atoms with Gasteiger partial charge in [-0.2, -0.15) is 0 Å². The van der Waals surface area contributed by atoms with Crippen LogP contribution in [0.5, 0.6) is 11.5 Å². The molecule has 3 atom stereocenters. The molecule has 0 unspecified atom stereocenters. The second kappa shape index (κ2) is 7.24. The maximum atomic E-state index is 12.7. The van der Waals surface area contributed by atoms with Crippen LogP contribution < -0.4 is 4.74 Å². The van der Waals surface area contributed by atoms with E-state index in [0.29, 0.717) is 25.1 Å². The van der Waals surface area contributed by atoms with Gasteiger partial charge in [-0.3, -0.25) is 4.79 Å². The van der Waals surface area contributed by atoms with Crippen molar-refractivity contribution in [2.75, 3.05) is 13.7 Å². The number of aromatic hydroxyl groups is 1. The second-order valence-electron chi connectivity index (χ2n) is 7.42. The van der Waals surface area contributed by atoms with Crippen LogP contribution >= 0.6 is 0 Å². The maximum Gasteiger partial charge on any atom is 0.223 e. The molecule has 1 heterocycles. The van der Waals surface area contributed by atoms with Crippen molar-refractivity contribution < 1.29 is 19.7 Å². The molecule has 5 nitrogen and oxygen atoms in total. The Morgan fingerprint density at radius 3 is 2.88 bits per heavy atom. The quantitative estimate of drug-likeness (QED) is 0.876. The maximum absolute atomic E-state index is 12.7. The second-order valence-corrected chi connectivity index (χ2v) is 7.42. The highest BCUT2D eigenvalue weighted by Crippen LogP contribution is 2.50. The number of likely N-dealkylation sites (tertiary alicyclic amines) is 1. The van der Waals surface area contributed by atoms with Crippen molar-refractivity contribution >= 4 is 5.91 Å². The van der Waals surface area contributed by atoms with E-state index in [1.165, 1.54) is 7.11 Å². The average molecular weight is 347 g/mol. The van der Waals surface area contributed by atoms with Gasteiger partial charge in [-0.15, -0.1) is 0 Å². The monoisotopic (exact) mass is 347 g/mol. The summed E-state index contributed by atoms with van der Waals surface area (Å²) in [7, 11) is 1.52. The van der Waals surface area contributed by atoms with Gasteiger partial charge in [-0.05, 0) is 43.4 Å². The van der Waals surface area contributed by atoms with Crippen LogP contribution in [-0.4, -0.2) is 40.3 Å². The summed E-state index contributed by atoms with van der Waals surface area (Å²) in [4.78, 5) is 14.7. The lowest BCUT2D eigenvalue weighted by Crippen LogP contribution is -2.56. The summed E-state index contributed by atoms with van der Waals surface area (Å²) in [6.45, 7) is 2.59. The van der Waals surface area contributed by atoms with Gasteiger partial charge in [0.1, 0.15) is 0 Å². The van der Waals surface area contributed by atoms with E-state index in [1.54, 1.807) is 6.07 Å². The number of carbonyl (C=O) groups is 1. The molecule has 3 rings (SSSR count). The fourth-order valence-corrected chi connectivity index (χ4v) is 4.61. The van der Waals surface area contributed by atoms with E-state index < -0.39 is 5.60 Å². The van der Waals surface area contributed by atoms with Crippen LogP contribution in [-0.2, 0) is 4.79 Å². The molecule has 1 aliphatic heterocycles. The molecule has 2 aliphatic rings. The summed E-state index contributed by atoms with van der Waals surface area (Å²) in [5.74, 6) is 0.676. The van der Waals surface area contributed by atoms with Gasteiger partial charge in [0.15, 0.2) is 11.5 Å². The molecule has 1 aromatic rings. The molecule has 25 heavy (non-hydrogen) atoms. The Labute approximate surface area is 149 Å². The lowest BCUT2D eigenvalue weighted by atomic mass is 9.66. The number of carbonyl (C=O) groups excluding carboxylic acids is 1. The van der Waals surface area contributed by atoms with Crippen molar-refractivity contribution in [3.8, 4) is 11.5 Å². The Kier molecular flexibility index (Phi) is 5.23. The number of ether oxygens (including phenoxy) is 1. The summed E-state index contributed by atoms with van der Waals surface area (Å²) in [5, 5.41) is 21.1. The normalized spacial score (nSPS) is 29.2.